The van der Waals surface area contributed by atoms with Crippen molar-refractivity contribution in [2.24, 2.45) is 0 Å². The number of fused-ring (bicyclic) bond motifs is 1. The first-order valence-corrected chi connectivity index (χ1v) is 7.02. The minimum Gasteiger partial charge on any atom is -0.399 e. The van der Waals surface area contributed by atoms with Crippen molar-refractivity contribution in [3.63, 3.8) is 0 Å². The molecule has 2 aromatic carbocycles. The molecule has 0 spiro atoms. The molecule has 1 amide bonds. The third-order valence-corrected chi connectivity index (χ3v) is 3.87. The van der Waals surface area contributed by atoms with Gasteiger partial charge in [0.25, 0.3) is 5.91 Å². The maximum atomic E-state index is 13.3. The molecule has 2 N–H and O–H groups in total. The van der Waals surface area contributed by atoms with Crippen LogP contribution in [-0.4, -0.2) is 12.5 Å². The molecule has 0 bridgehead atoms. The molecule has 21 heavy (non-hydrogen) atoms. The Labute approximate surface area is 123 Å². The van der Waals surface area contributed by atoms with Crippen LogP contribution in [0, 0.1) is 12.7 Å². The van der Waals surface area contributed by atoms with Crippen LogP contribution in [0.15, 0.2) is 36.4 Å². The number of carbonyl (C=O) groups is 1. The van der Waals surface area contributed by atoms with Gasteiger partial charge < -0.3 is 10.6 Å². The molecule has 108 valence electrons. The normalized spacial score (nSPS) is 13.9. The standard InChI is InChI=1S/C17H17FN2O/c1-11-9-13(4-6-15(11)18)17(21)20-8-2-3-12-10-14(19)5-7-16(12)20/h4-7,9-10H,2-3,8,19H2,1H3. The van der Waals surface area contributed by atoms with Gasteiger partial charge in [0.05, 0.1) is 0 Å². The van der Waals surface area contributed by atoms with E-state index in [1.54, 1.807) is 24.0 Å². The molecule has 0 aromatic heterocycles. The zero-order valence-electron chi connectivity index (χ0n) is 11.9. The number of halogens is 1. The summed E-state index contributed by atoms with van der Waals surface area (Å²) < 4.78 is 13.3. The molecule has 2 aromatic rings. The molecule has 1 heterocycles. The number of benzene rings is 2. The number of hydrogen-bond donors (Lipinski definition) is 1. The molecule has 0 radical (unpaired) electrons. The highest BCUT2D eigenvalue weighted by Crippen LogP contribution is 2.30. The highest BCUT2D eigenvalue weighted by atomic mass is 19.1. The fourth-order valence-electron chi connectivity index (χ4n) is 2.76. The van der Waals surface area contributed by atoms with Crippen molar-refractivity contribution in [1.82, 2.24) is 0 Å². The van der Waals surface area contributed by atoms with E-state index in [1.807, 2.05) is 12.1 Å². The topological polar surface area (TPSA) is 46.3 Å². The first-order chi connectivity index (χ1) is 10.1. The Balaban J connectivity index is 1.98. The van der Waals surface area contributed by atoms with E-state index >= 15 is 0 Å². The summed E-state index contributed by atoms with van der Waals surface area (Å²) >= 11 is 0. The van der Waals surface area contributed by atoms with Crippen molar-refractivity contribution in [2.75, 3.05) is 17.2 Å². The van der Waals surface area contributed by atoms with Gasteiger partial charge in [0, 0.05) is 23.5 Å². The molecular weight excluding hydrogens is 267 g/mol. The van der Waals surface area contributed by atoms with Crippen molar-refractivity contribution in [1.29, 1.82) is 0 Å². The predicted octanol–water partition coefficient (Wildman–Crippen LogP) is 3.31. The van der Waals surface area contributed by atoms with Crippen LogP contribution in [-0.2, 0) is 6.42 Å². The Hall–Kier alpha value is -2.36. The van der Waals surface area contributed by atoms with Gasteiger partial charge in [-0.1, -0.05) is 0 Å². The Morgan fingerprint density at radius 1 is 1.24 bits per heavy atom. The zero-order chi connectivity index (χ0) is 15.0. The van der Waals surface area contributed by atoms with Gasteiger partial charge in [-0.05, 0) is 67.3 Å². The van der Waals surface area contributed by atoms with Crippen LogP contribution in [0.1, 0.15) is 27.9 Å². The minimum atomic E-state index is -0.293. The second-order valence-corrected chi connectivity index (χ2v) is 5.41. The van der Waals surface area contributed by atoms with Gasteiger partial charge in [-0.3, -0.25) is 4.79 Å². The average Bonchev–Trinajstić information content (AvgIpc) is 2.48. The molecule has 1 aliphatic heterocycles. The fraction of sp³-hybridized carbons (Fsp3) is 0.235. The molecule has 3 nitrogen and oxygen atoms in total. The quantitative estimate of drug-likeness (QED) is 0.817. The Kier molecular flexibility index (Phi) is 3.37. The fourth-order valence-corrected chi connectivity index (χ4v) is 2.76. The first-order valence-electron chi connectivity index (χ1n) is 7.02. The van der Waals surface area contributed by atoms with Gasteiger partial charge in [0.1, 0.15) is 5.82 Å². The molecule has 1 aliphatic rings. The van der Waals surface area contributed by atoms with E-state index in [0.717, 1.165) is 24.1 Å². The van der Waals surface area contributed by atoms with E-state index < -0.39 is 0 Å². The second-order valence-electron chi connectivity index (χ2n) is 5.41. The zero-order valence-corrected chi connectivity index (χ0v) is 11.9. The average molecular weight is 284 g/mol. The largest absolute Gasteiger partial charge is 0.399 e. The van der Waals surface area contributed by atoms with Crippen LogP contribution in [0.5, 0.6) is 0 Å². The number of hydrogen-bond acceptors (Lipinski definition) is 2. The number of aryl methyl sites for hydroxylation is 2. The molecule has 0 atom stereocenters. The van der Waals surface area contributed by atoms with E-state index in [2.05, 4.69) is 0 Å². The maximum absolute atomic E-state index is 13.3. The SMILES string of the molecule is Cc1cc(C(=O)N2CCCc3cc(N)ccc32)ccc1F. The molecule has 3 rings (SSSR count). The van der Waals surface area contributed by atoms with Gasteiger partial charge in [-0.25, -0.2) is 4.39 Å². The third kappa shape index (κ3) is 2.49. The monoisotopic (exact) mass is 284 g/mol. The van der Waals surface area contributed by atoms with Gasteiger partial charge in [-0.2, -0.15) is 0 Å². The van der Waals surface area contributed by atoms with E-state index in [-0.39, 0.29) is 11.7 Å². The van der Waals surface area contributed by atoms with E-state index in [1.165, 1.54) is 12.1 Å². The molecule has 0 unspecified atom stereocenters. The van der Waals surface area contributed by atoms with Crippen molar-refractivity contribution in [2.45, 2.75) is 19.8 Å². The lowest BCUT2D eigenvalue weighted by molar-refractivity contribution is 0.0985. The van der Waals surface area contributed by atoms with Crippen LogP contribution < -0.4 is 10.6 Å². The van der Waals surface area contributed by atoms with Crippen LogP contribution in [0.2, 0.25) is 0 Å². The van der Waals surface area contributed by atoms with E-state index in [9.17, 15) is 9.18 Å². The Bertz CT molecular complexity index is 712. The van der Waals surface area contributed by atoms with Crippen LogP contribution in [0.25, 0.3) is 0 Å². The minimum absolute atomic E-state index is 0.0937. The van der Waals surface area contributed by atoms with Crippen molar-refractivity contribution >= 4 is 17.3 Å². The Morgan fingerprint density at radius 3 is 2.81 bits per heavy atom. The highest BCUT2D eigenvalue weighted by molar-refractivity contribution is 6.07. The number of nitrogens with two attached hydrogens (primary N) is 1. The lowest BCUT2D eigenvalue weighted by Crippen LogP contribution is -2.35. The smallest absolute Gasteiger partial charge is 0.258 e. The third-order valence-electron chi connectivity index (χ3n) is 3.87. The summed E-state index contributed by atoms with van der Waals surface area (Å²) in [6, 6.07) is 10.1. The number of anilines is 2. The molecular formula is C17H17FN2O. The molecule has 0 fully saturated rings. The van der Waals surface area contributed by atoms with Crippen LogP contribution in [0.4, 0.5) is 15.8 Å². The lowest BCUT2D eigenvalue weighted by atomic mass is 10.00. The molecule has 0 saturated heterocycles. The maximum Gasteiger partial charge on any atom is 0.258 e. The van der Waals surface area contributed by atoms with Gasteiger partial charge in [-0.15, -0.1) is 0 Å². The number of nitrogen functional groups attached to an aromatic ring is 1. The van der Waals surface area contributed by atoms with E-state index in [0.29, 0.717) is 23.4 Å². The summed E-state index contributed by atoms with van der Waals surface area (Å²) in [6.45, 7) is 2.34. The summed E-state index contributed by atoms with van der Waals surface area (Å²) in [7, 11) is 0. The van der Waals surface area contributed by atoms with Crippen LogP contribution in [0.3, 0.4) is 0 Å². The highest BCUT2D eigenvalue weighted by Gasteiger charge is 2.23. The molecule has 4 heteroatoms. The Morgan fingerprint density at radius 2 is 2.05 bits per heavy atom. The first kappa shape index (κ1) is 13.6. The molecule has 0 aliphatic carbocycles. The van der Waals surface area contributed by atoms with Crippen molar-refractivity contribution in [3.05, 3.63) is 58.9 Å². The van der Waals surface area contributed by atoms with Crippen molar-refractivity contribution < 1.29 is 9.18 Å². The summed E-state index contributed by atoms with van der Waals surface area (Å²) in [5.74, 6) is -0.387. The van der Waals surface area contributed by atoms with Gasteiger partial charge in [0.2, 0.25) is 0 Å². The predicted molar refractivity (Wildman–Crippen MR) is 82.0 cm³/mol. The lowest BCUT2D eigenvalue weighted by Gasteiger charge is -2.30. The number of rotatable bonds is 1. The summed E-state index contributed by atoms with van der Waals surface area (Å²) in [4.78, 5) is 14.4. The van der Waals surface area contributed by atoms with Crippen molar-refractivity contribution in [3.8, 4) is 0 Å². The summed E-state index contributed by atoms with van der Waals surface area (Å²) in [6.07, 6.45) is 1.83. The number of nitrogens with zero attached hydrogens (tertiary/aromatic N) is 1. The number of amides is 1. The summed E-state index contributed by atoms with van der Waals surface area (Å²) in [5.41, 5.74) is 9.51. The number of carbonyl (C=O) groups excluding carboxylic acids is 1. The van der Waals surface area contributed by atoms with Crippen LogP contribution >= 0.6 is 0 Å². The van der Waals surface area contributed by atoms with Gasteiger partial charge in [0.15, 0.2) is 0 Å². The second kappa shape index (κ2) is 5.20. The van der Waals surface area contributed by atoms with Gasteiger partial charge >= 0.3 is 0 Å². The molecule has 0 saturated carbocycles. The summed E-state index contributed by atoms with van der Waals surface area (Å²) in [5, 5.41) is 0. The van der Waals surface area contributed by atoms with E-state index in [4.69, 9.17) is 5.73 Å².